The fourth-order valence-corrected chi connectivity index (χ4v) is 18.6. The third kappa shape index (κ3) is 32.6. The zero-order valence-electron chi connectivity index (χ0n) is 86.3. The molecule has 742 valence electrons. The van der Waals surface area contributed by atoms with E-state index in [1.807, 2.05) is 85.8 Å². The normalized spacial score (nSPS) is 11.0. The summed E-state index contributed by atoms with van der Waals surface area (Å²) in [5.41, 5.74) is 32.8. The molecule has 11 aromatic carbocycles. The van der Waals surface area contributed by atoms with E-state index in [0.29, 0.717) is 23.7 Å². The molecule has 0 N–H and O–H groups in total. The first-order valence-electron chi connectivity index (χ1n) is 51.4. The van der Waals surface area contributed by atoms with Crippen LogP contribution in [0.2, 0.25) is 0 Å². The van der Waals surface area contributed by atoms with Gasteiger partial charge in [0.15, 0.2) is 0 Å². The van der Waals surface area contributed by atoms with E-state index in [2.05, 4.69) is 340 Å². The minimum atomic E-state index is 0. The van der Waals surface area contributed by atoms with Crippen LogP contribution in [0, 0.1) is 45.0 Å². The second-order valence-corrected chi connectivity index (χ2v) is 38.5. The first-order valence-corrected chi connectivity index (χ1v) is 51.4. The molecule has 0 unspecified atom stereocenters. The Morgan fingerprint density at radius 2 is 0.647 bits per heavy atom. The van der Waals surface area contributed by atoms with Gasteiger partial charge in [-0.05, 0) is 234 Å². The maximum Gasteiger partial charge on any atom is 0.140 e. The van der Waals surface area contributed by atoms with Gasteiger partial charge >= 0.3 is 0 Å². The Bertz CT molecular complexity index is 6000. The van der Waals surface area contributed by atoms with Crippen molar-refractivity contribution in [3.63, 3.8) is 0 Å². The Hall–Kier alpha value is -9.28. The number of rotatable bonds is 42. The summed E-state index contributed by atoms with van der Waals surface area (Å²) in [7, 11) is 1.98. The van der Waals surface area contributed by atoms with Crippen molar-refractivity contribution in [1.29, 1.82) is 0 Å². The molecule has 0 aliphatic rings. The molecule has 14 heteroatoms. The van der Waals surface area contributed by atoms with E-state index < -0.39 is 0 Å². The monoisotopic (exact) mass is 2570 g/mol. The molecule has 0 aliphatic heterocycles. The third-order valence-electron chi connectivity index (χ3n) is 26.0. The van der Waals surface area contributed by atoms with Crippen molar-refractivity contribution < 1.29 is 80.4 Å². The molecule has 0 saturated carbocycles. The standard InChI is InChI=1S/C45H56N3.C30H42N3.C27H27N2.C23H27N2.4Ir/c1-8-10-12-14-17-35-21-25-37(26-22-35)39-19-16-20-40(29-39)45-46-34(7)47-48(45)44-42(32(3)4)30-41(31-43(44)33(5)6)38-27-23-36(24-28-38)18-15-13-11-9-2;1-5-8-10-12-16-24-20-25(17-13-11-9-6-2)22-28(21-24)26-18-14-19-27(23-26)30-31-29(15-7-3)32-33(30)4;1-19(2)24-17-23(21-11-7-5-8-12-21)18-25(20(3)4)26(24)29-16-15-28-27(29)22-13-9-6-10-14-22;1-4-5-6-8-11-20-16-18(2)22(19(3)17-20)25-15-14-24-23(25)21-12-9-7-10-13-21;;;;/h16,19,21-33H,8-15,17-18H2,1-7H3;14,18,20-23H,5-13,15-17H2,1-4H3;5-13,15-20H,1-4H3;7,9-10,12,14-17H,4-6,8,11H2,1-3H3;;;;/q4*-1;;;;. The van der Waals surface area contributed by atoms with Gasteiger partial charge in [0.2, 0.25) is 0 Å². The topological polar surface area (TPSA) is 97.1 Å². The Morgan fingerprint density at radius 3 is 1.06 bits per heavy atom. The quantitative estimate of drug-likeness (QED) is 0.0279. The molecule has 15 rings (SSSR count). The summed E-state index contributed by atoms with van der Waals surface area (Å²) in [6.45, 7) is 38.1. The number of aryl methyl sites for hydroxylation is 10. The Kier molecular flexibility index (Phi) is 49.3. The van der Waals surface area contributed by atoms with Crippen molar-refractivity contribution >= 4 is 0 Å². The van der Waals surface area contributed by atoms with E-state index in [9.17, 15) is 0 Å². The van der Waals surface area contributed by atoms with E-state index in [1.54, 1.807) is 0 Å². The summed E-state index contributed by atoms with van der Waals surface area (Å²) >= 11 is 0. The zero-order valence-corrected chi connectivity index (χ0v) is 95.9. The SMILES string of the molecule is CC(C)c1cc(-c2ccccc2)cc(C(C)C)c1-n1ccnc1-c1[c-]cccc1.CCCCCCc1cc(C)c(-n2ccnc2-c2[c-]cccc2)c(C)c1.CCCCCCc1cc(CCCCCC)cc(-c2cc[c-]c(-c3nc(CCC)nn3C)c2)c1.CCCCCCc1ccc(-c2cc[c-]c(-c3nc(C)nn3-c3c(C(C)C)cc(-c4ccc(CCCCCC)cc4)cc3C(C)C)c2)cc1.[Ir].[Ir].[Ir].[Ir]. The molecule has 15 aromatic rings. The van der Waals surface area contributed by atoms with Crippen molar-refractivity contribution in [2.75, 3.05) is 0 Å². The van der Waals surface area contributed by atoms with Gasteiger partial charge in [-0.2, -0.15) is 10.2 Å². The minimum absolute atomic E-state index is 0. The molecule has 10 nitrogen and oxygen atoms in total. The van der Waals surface area contributed by atoms with Gasteiger partial charge < -0.3 is 9.13 Å². The van der Waals surface area contributed by atoms with Crippen LogP contribution in [0.5, 0.6) is 0 Å². The summed E-state index contributed by atoms with van der Waals surface area (Å²) in [5, 5.41) is 9.63. The zero-order chi connectivity index (χ0) is 95.5. The largest absolute Gasteiger partial charge is 0.340 e. The number of aromatic nitrogens is 10. The molecule has 0 amide bonds. The van der Waals surface area contributed by atoms with Crippen molar-refractivity contribution in [1.82, 2.24) is 48.6 Å². The molecule has 0 aliphatic carbocycles. The van der Waals surface area contributed by atoms with Crippen LogP contribution in [-0.2, 0) is 126 Å². The van der Waals surface area contributed by atoms with Crippen LogP contribution in [0.4, 0.5) is 0 Å². The minimum Gasteiger partial charge on any atom is -0.340 e. The number of benzene rings is 11. The maximum absolute atomic E-state index is 5.04. The second-order valence-electron chi connectivity index (χ2n) is 38.5. The maximum atomic E-state index is 5.04. The van der Waals surface area contributed by atoms with E-state index in [1.165, 1.54) is 265 Å². The van der Waals surface area contributed by atoms with Crippen LogP contribution in [0.1, 0.15) is 328 Å². The molecule has 0 spiro atoms. The van der Waals surface area contributed by atoms with E-state index in [0.717, 1.165) is 88.6 Å². The first-order chi connectivity index (χ1) is 65.7. The van der Waals surface area contributed by atoms with Gasteiger partial charge in [-0.1, -0.05) is 302 Å². The van der Waals surface area contributed by atoms with Crippen molar-refractivity contribution in [3.8, 4) is 107 Å². The first kappa shape index (κ1) is 115. The molecule has 4 aromatic heterocycles. The fraction of sp³-hybridized carbons (Fsp3) is 0.392. The predicted molar refractivity (Wildman–Crippen MR) is 572 cm³/mol. The predicted octanol–water partition coefficient (Wildman–Crippen LogP) is 34.3. The van der Waals surface area contributed by atoms with Gasteiger partial charge in [-0.25, -0.2) is 0 Å². The molecular weight excluding hydrogens is 2410 g/mol. The molecule has 0 bridgehead atoms. The fourth-order valence-electron chi connectivity index (χ4n) is 18.6. The summed E-state index contributed by atoms with van der Waals surface area (Å²) in [5.74, 6) is 6.69. The molecule has 0 fully saturated rings. The average Bonchev–Trinajstić information content (AvgIpc) is 1.43. The summed E-state index contributed by atoms with van der Waals surface area (Å²) in [4.78, 5) is 19.0. The van der Waals surface area contributed by atoms with Gasteiger partial charge in [0.05, 0.1) is 29.0 Å². The number of imidazole rings is 2. The number of hydrogen-bond acceptors (Lipinski definition) is 6. The van der Waals surface area contributed by atoms with Crippen LogP contribution >= 0.6 is 0 Å². The van der Waals surface area contributed by atoms with Crippen LogP contribution < -0.4 is 0 Å². The van der Waals surface area contributed by atoms with Crippen molar-refractivity contribution in [2.24, 2.45) is 7.05 Å². The Labute approximate surface area is 890 Å². The third-order valence-corrected chi connectivity index (χ3v) is 26.0. The molecule has 4 radical (unpaired) electrons. The molecule has 4 heterocycles. The van der Waals surface area contributed by atoms with E-state index in [-0.39, 0.29) is 80.4 Å². The van der Waals surface area contributed by atoms with Gasteiger partial charge in [0.25, 0.3) is 0 Å². The van der Waals surface area contributed by atoms with Gasteiger partial charge in [-0.3, -0.25) is 29.3 Å². The number of hydrogen-bond donors (Lipinski definition) is 0. The molecule has 139 heavy (non-hydrogen) atoms. The summed E-state index contributed by atoms with van der Waals surface area (Å²) in [6.07, 6.45) is 41.7. The van der Waals surface area contributed by atoms with Crippen LogP contribution in [-0.4, -0.2) is 48.6 Å². The molecule has 0 saturated heterocycles. The van der Waals surface area contributed by atoms with Crippen LogP contribution in [0.25, 0.3) is 107 Å². The van der Waals surface area contributed by atoms with E-state index >= 15 is 0 Å². The second kappa shape index (κ2) is 59.6. The number of nitrogens with zero attached hydrogens (tertiary/aromatic N) is 10. The van der Waals surface area contributed by atoms with Crippen molar-refractivity contribution in [3.05, 3.63) is 340 Å². The smallest absolute Gasteiger partial charge is 0.140 e. The summed E-state index contributed by atoms with van der Waals surface area (Å²) < 4.78 is 8.42. The van der Waals surface area contributed by atoms with Crippen LogP contribution in [0.3, 0.4) is 0 Å². The van der Waals surface area contributed by atoms with E-state index in [4.69, 9.17) is 15.1 Å². The molecule has 0 atom stereocenters. The molecular formula is C125H152Ir4N10-4. The van der Waals surface area contributed by atoms with Gasteiger partial charge in [0.1, 0.15) is 11.6 Å². The Balaban J connectivity index is 0.000000232. The van der Waals surface area contributed by atoms with Crippen molar-refractivity contribution in [2.45, 2.75) is 315 Å². The number of unbranched alkanes of at least 4 members (excludes halogenated alkanes) is 15. The average molecular weight is 2560 g/mol. The Morgan fingerprint density at radius 1 is 0.281 bits per heavy atom. The van der Waals surface area contributed by atoms with Gasteiger partial charge in [0, 0.05) is 130 Å². The summed E-state index contributed by atoms with van der Waals surface area (Å²) in [6, 6.07) is 92.8. The van der Waals surface area contributed by atoms with Crippen LogP contribution in [0.15, 0.2) is 243 Å². The van der Waals surface area contributed by atoms with Gasteiger partial charge in [-0.15, -0.1) is 143 Å².